The van der Waals surface area contributed by atoms with Gasteiger partial charge in [-0.05, 0) is 37.5 Å². The van der Waals surface area contributed by atoms with Gasteiger partial charge in [0, 0.05) is 6.42 Å². The summed E-state index contributed by atoms with van der Waals surface area (Å²) in [6.07, 6.45) is 6.61. The second kappa shape index (κ2) is 8.68. The van der Waals surface area contributed by atoms with Crippen LogP contribution in [0, 0.1) is 11.8 Å². The van der Waals surface area contributed by atoms with Crippen LogP contribution < -0.4 is 0 Å². The molecule has 1 aromatic carbocycles. The Hall–Kier alpha value is -2.54. The SMILES string of the molecule is O=C1OCCCC#C/C=C/CCCOC(=O)c2ccccc21. The summed E-state index contributed by atoms with van der Waals surface area (Å²) in [7, 11) is 0. The number of carbonyl (C=O) groups excluding carboxylic acids is 2. The van der Waals surface area contributed by atoms with E-state index < -0.39 is 11.9 Å². The zero-order valence-corrected chi connectivity index (χ0v) is 12.3. The van der Waals surface area contributed by atoms with E-state index in [2.05, 4.69) is 11.8 Å². The topological polar surface area (TPSA) is 52.6 Å². The highest BCUT2D eigenvalue weighted by molar-refractivity contribution is 6.03. The molecular weight excluding hydrogens is 280 g/mol. The fraction of sp³-hybridized carbons (Fsp3) is 0.333. The van der Waals surface area contributed by atoms with E-state index in [1.165, 1.54) is 0 Å². The van der Waals surface area contributed by atoms with Crippen molar-refractivity contribution in [1.29, 1.82) is 0 Å². The van der Waals surface area contributed by atoms with Gasteiger partial charge in [-0.25, -0.2) is 9.59 Å². The van der Waals surface area contributed by atoms with E-state index in [4.69, 9.17) is 9.47 Å². The van der Waals surface area contributed by atoms with Crippen molar-refractivity contribution in [3.63, 3.8) is 0 Å². The van der Waals surface area contributed by atoms with Crippen molar-refractivity contribution < 1.29 is 19.1 Å². The van der Waals surface area contributed by atoms with E-state index in [0.717, 1.165) is 12.8 Å². The highest BCUT2D eigenvalue weighted by Gasteiger charge is 2.18. The van der Waals surface area contributed by atoms with Crippen molar-refractivity contribution >= 4 is 11.9 Å². The summed E-state index contributed by atoms with van der Waals surface area (Å²) < 4.78 is 10.4. The van der Waals surface area contributed by atoms with E-state index in [0.29, 0.717) is 19.4 Å². The molecule has 0 aromatic heterocycles. The maximum atomic E-state index is 12.1. The molecule has 0 aliphatic carbocycles. The summed E-state index contributed by atoms with van der Waals surface area (Å²) in [6.45, 7) is 0.584. The number of cyclic esters (lactones) is 2. The predicted molar refractivity (Wildman–Crippen MR) is 82.4 cm³/mol. The average Bonchev–Trinajstić information content (AvgIpc) is 2.54. The third kappa shape index (κ3) is 4.78. The number of carbonyl (C=O) groups is 2. The molecule has 22 heavy (non-hydrogen) atoms. The molecule has 4 nitrogen and oxygen atoms in total. The van der Waals surface area contributed by atoms with Gasteiger partial charge in [-0.1, -0.05) is 30.0 Å². The van der Waals surface area contributed by atoms with Crippen LogP contribution in [0.5, 0.6) is 0 Å². The smallest absolute Gasteiger partial charge is 0.339 e. The minimum atomic E-state index is -0.507. The lowest BCUT2D eigenvalue weighted by atomic mass is 10.1. The van der Waals surface area contributed by atoms with Gasteiger partial charge in [0.05, 0.1) is 24.3 Å². The minimum absolute atomic E-state index is 0.241. The Labute approximate surface area is 130 Å². The Balaban J connectivity index is 2.13. The van der Waals surface area contributed by atoms with Crippen LogP contribution in [0.3, 0.4) is 0 Å². The maximum Gasteiger partial charge on any atom is 0.339 e. The van der Waals surface area contributed by atoms with Gasteiger partial charge in [-0.15, -0.1) is 0 Å². The number of rotatable bonds is 0. The Morgan fingerprint density at radius 1 is 0.909 bits per heavy atom. The van der Waals surface area contributed by atoms with Crippen LogP contribution in [-0.4, -0.2) is 25.2 Å². The van der Waals surface area contributed by atoms with Crippen molar-refractivity contribution in [3.05, 3.63) is 47.5 Å². The molecule has 4 heteroatoms. The standard InChI is InChI=1S/C18H18O4/c19-17-15-11-7-8-12-16(15)18(20)22-14-10-6-4-2-1-3-5-9-13-21-17/h1,3,7-8,11-12H,5-6,9-10,13-14H2/b3-1+. The second-order valence-electron chi connectivity index (χ2n) is 4.79. The van der Waals surface area contributed by atoms with Crippen molar-refractivity contribution in [2.75, 3.05) is 13.2 Å². The molecule has 0 N–H and O–H groups in total. The van der Waals surface area contributed by atoms with Gasteiger partial charge >= 0.3 is 11.9 Å². The molecule has 114 valence electrons. The zero-order valence-electron chi connectivity index (χ0n) is 12.3. The van der Waals surface area contributed by atoms with Crippen molar-refractivity contribution in [2.45, 2.75) is 25.7 Å². The first kappa shape index (κ1) is 15.8. The lowest BCUT2D eigenvalue weighted by Gasteiger charge is -2.09. The summed E-state index contributed by atoms with van der Waals surface area (Å²) in [6, 6.07) is 6.55. The Morgan fingerprint density at radius 2 is 1.55 bits per heavy atom. The van der Waals surface area contributed by atoms with E-state index >= 15 is 0 Å². The van der Waals surface area contributed by atoms with Gasteiger partial charge in [0.1, 0.15) is 0 Å². The number of fused-ring (bicyclic) bond motifs is 1. The monoisotopic (exact) mass is 298 g/mol. The van der Waals surface area contributed by atoms with Crippen molar-refractivity contribution in [3.8, 4) is 11.8 Å². The molecule has 2 rings (SSSR count). The Morgan fingerprint density at radius 3 is 2.23 bits per heavy atom. The van der Waals surface area contributed by atoms with Gasteiger partial charge < -0.3 is 9.47 Å². The molecule has 0 unspecified atom stereocenters. The van der Waals surface area contributed by atoms with Crippen molar-refractivity contribution in [2.24, 2.45) is 0 Å². The van der Waals surface area contributed by atoms with Gasteiger partial charge in [-0.3, -0.25) is 0 Å². The second-order valence-corrected chi connectivity index (χ2v) is 4.79. The van der Waals surface area contributed by atoms with Gasteiger partial charge in [0.25, 0.3) is 0 Å². The Kier molecular flexibility index (Phi) is 6.25. The maximum absolute atomic E-state index is 12.1. The first-order valence-electron chi connectivity index (χ1n) is 7.36. The molecule has 1 aromatic rings. The molecular formula is C18H18O4. The quantitative estimate of drug-likeness (QED) is 0.545. The summed E-state index contributed by atoms with van der Waals surface area (Å²) in [5, 5.41) is 0. The van der Waals surface area contributed by atoms with Crippen LogP contribution in [0.15, 0.2) is 36.4 Å². The molecule has 1 aliphatic heterocycles. The number of ether oxygens (including phenoxy) is 2. The van der Waals surface area contributed by atoms with Crippen LogP contribution >= 0.6 is 0 Å². The largest absolute Gasteiger partial charge is 0.462 e. The molecule has 0 saturated heterocycles. The summed E-state index contributed by atoms with van der Waals surface area (Å²) >= 11 is 0. The molecule has 0 fully saturated rings. The highest BCUT2D eigenvalue weighted by Crippen LogP contribution is 2.13. The van der Waals surface area contributed by atoms with E-state index in [1.807, 2.05) is 6.08 Å². The van der Waals surface area contributed by atoms with Crippen LogP contribution in [0.1, 0.15) is 46.4 Å². The molecule has 0 spiro atoms. The summed E-state index contributed by atoms with van der Waals surface area (Å²) in [4.78, 5) is 24.1. The zero-order chi connectivity index (χ0) is 15.6. The van der Waals surface area contributed by atoms with Crippen LogP contribution in [0.2, 0.25) is 0 Å². The van der Waals surface area contributed by atoms with Crippen LogP contribution in [-0.2, 0) is 9.47 Å². The predicted octanol–water partition coefficient (Wildman–Crippen LogP) is 3.13. The number of esters is 2. The molecule has 0 saturated carbocycles. The minimum Gasteiger partial charge on any atom is -0.462 e. The number of allylic oxidation sites excluding steroid dienone is 2. The van der Waals surface area contributed by atoms with E-state index in [9.17, 15) is 9.59 Å². The van der Waals surface area contributed by atoms with E-state index in [1.54, 1.807) is 30.3 Å². The summed E-state index contributed by atoms with van der Waals surface area (Å²) in [5.74, 6) is 4.92. The lowest BCUT2D eigenvalue weighted by molar-refractivity contribution is 0.0454. The average molecular weight is 298 g/mol. The molecule has 0 bridgehead atoms. The third-order valence-corrected chi connectivity index (χ3v) is 3.10. The Bertz CT molecular complexity index is 619. The molecule has 0 radical (unpaired) electrons. The first-order chi connectivity index (χ1) is 10.8. The number of hydrogen-bond donors (Lipinski definition) is 0. The fourth-order valence-corrected chi connectivity index (χ4v) is 1.96. The third-order valence-electron chi connectivity index (χ3n) is 3.10. The fourth-order valence-electron chi connectivity index (χ4n) is 1.96. The lowest BCUT2D eigenvalue weighted by Crippen LogP contribution is -2.15. The molecule has 0 atom stereocenters. The molecule has 0 amide bonds. The molecule has 1 heterocycles. The van der Waals surface area contributed by atoms with Crippen LogP contribution in [0.25, 0.3) is 0 Å². The van der Waals surface area contributed by atoms with Gasteiger partial charge in [-0.2, -0.15) is 0 Å². The summed E-state index contributed by atoms with van der Waals surface area (Å²) in [5.41, 5.74) is 0.487. The number of benzene rings is 1. The number of hydrogen-bond acceptors (Lipinski definition) is 4. The van der Waals surface area contributed by atoms with E-state index in [-0.39, 0.29) is 17.7 Å². The van der Waals surface area contributed by atoms with Crippen LogP contribution in [0.4, 0.5) is 0 Å². The van der Waals surface area contributed by atoms with Crippen molar-refractivity contribution in [1.82, 2.24) is 0 Å². The van der Waals surface area contributed by atoms with Gasteiger partial charge in [0.2, 0.25) is 0 Å². The molecule has 1 aliphatic rings. The first-order valence-corrected chi connectivity index (χ1v) is 7.36. The normalized spacial score (nSPS) is 18.2. The highest BCUT2D eigenvalue weighted by atomic mass is 16.5. The van der Waals surface area contributed by atoms with Gasteiger partial charge in [0.15, 0.2) is 0 Å².